The van der Waals surface area contributed by atoms with E-state index in [1.165, 1.54) is 0 Å². The van der Waals surface area contributed by atoms with E-state index in [1.54, 1.807) is 38.7 Å². The molecule has 2 heterocycles. The van der Waals surface area contributed by atoms with E-state index >= 15 is 0 Å². The molecule has 150 valence electrons. The van der Waals surface area contributed by atoms with Crippen LogP contribution in [-0.2, 0) is 9.53 Å². The normalized spacial score (nSPS) is 18.0. The van der Waals surface area contributed by atoms with Gasteiger partial charge >= 0.3 is 6.09 Å². The Kier molecular flexibility index (Phi) is 6.45. The number of ether oxygens (including phenoxy) is 2. The zero-order valence-corrected chi connectivity index (χ0v) is 16.9. The summed E-state index contributed by atoms with van der Waals surface area (Å²) in [5, 5.41) is 10.7. The summed E-state index contributed by atoms with van der Waals surface area (Å²) in [4.78, 5) is 27.9. The molecule has 2 atom stereocenters. The minimum Gasteiger partial charge on any atom is -0.471 e. The maximum absolute atomic E-state index is 12.5. The Hall–Kier alpha value is -2.58. The summed E-state index contributed by atoms with van der Waals surface area (Å²) in [6, 6.07) is 2.92. The molecule has 1 aliphatic heterocycles. The number of amides is 2. The molecule has 9 heteroatoms. The lowest BCUT2D eigenvalue weighted by Gasteiger charge is -2.24. The standard InChI is InChI=1S/C18H29N5O4/c1-12(19-17(25)27-18(2,3)4)16(24)23-10-9-13(11-23)26-15-8-7-14(20-21-15)22(5)6/h7-8,12-13H,9-11H2,1-6H3,(H,19,25). The highest BCUT2D eigenvalue weighted by Gasteiger charge is 2.31. The molecule has 1 aromatic heterocycles. The van der Waals surface area contributed by atoms with Crippen molar-refractivity contribution in [3.05, 3.63) is 12.1 Å². The van der Waals surface area contributed by atoms with Crippen LogP contribution >= 0.6 is 0 Å². The fourth-order valence-electron chi connectivity index (χ4n) is 2.63. The molecular weight excluding hydrogens is 350 g/mol. The first-order valence-corrected chi connectivity index (χ1v) is 9.01. The maximum Gasteiger partial charge on any atom is 0.408 e. The Morgan fingerprint density at radius 3 is 2.56 bits per heavy atom. The fourth-order valence-corrected chi connectivity index (χ4v) is 2.63. The van der Waals surface area contributed by atoms with Crippen molar-refractivity contribution in [1.29, 1.82) is 0 Å². The summed E-state index contributed by atoms with van der Waals surface area (Å²) in [6.07, 6.45) is -0.0593. The molecule has 2 rings (SSSR count). The number of likely N-dealkylation sites (tertiary alicyclic amines) is 1. The van der Waals surface area contributed by atoms with Gasteiger partial charge in [0.25, 0.3) is 0 Å². The van der Waals surface area contributed by atoms with Crippen molar-refractivity contribution in [2.24, 2.45) is 0 Å². The average molecular weight is 379 g/mol. The van der Waals surface area contributed by atoms with Crippen molar-refractivity contribution < 1.29 is 19.1 Å². The second kappa shape index (κ2) is 8.41. The highest BCUT2D eigenvalue weighted by atomic mass is 16.6. The van der Waals surface area contributed by atoms with Gasteiger partial charge in [-0.3, -0.25) is 4.79 Å². The second-order valence-electron chi connectivity index (χ2n) is 7.80. The highest BCUT2D eigenvalue weighted by molar-refractivity contribution is 5.85. The van der Waals surface area contributed by atoms with Gasteiger partial charge in [0.2, 0.25) is 11.8 Å². The van der Waals surface area contributed by atoms with Gasteiger partial charge < -0.3 is 24.6 Å². The van der Waals surface area contributed by atoms with Gasteiger partial charge in [-0.25, -0.2) is 4.79 Å². The van der Waals surface area contributed by atoms with E-state index < -0.39 is 17.7 Å². The van der Waals surface area contributed by atoms with Gasteiger partial charge in [0.1, 0.15) is 17.7 Å². The van der Waals surface area contributed by atoms with Crippen LogP contribution in [0.25, 0.3) is 0 Å². The van der Waals surface area contributed by atoms with Gasteiger partial charge in [0.15, 0.2) is 5.82 Å². The number of nitrogens with zero attached hydrogens (tertiary/aromatic N) is 4. The molecule has 0 aromatic carbocycles. The van der Waals surface area contributed by atoms with Crippen LogP contribution in [0.4, 0.5) is 10.6 Å². The van der Waals surface area contributed by atoms with E-state index in [4.69, 9.17) is 9.47 Å². The van der Waals surface area contributed by atoms with Crippen molar-refractivity contribution >= 4 is 17.8 Å². The minimum absolute atomic E-state index is 0.151. The molecule has 0 bridgehead atoms. The van der Waals surface area contributed by atoms with Gasteiger partial charge in [0.05, 0.1) is 6.54 Å². The monoisotopic (exact) mass is 379 g/mol. The maximum atomic E-state index is 12.5. The zero-order chi connectivity index (χ0) is 20.2. The van der Waals surface area contributed by atoms with Crippen LogP contribution in [0.5, 0.6) is 5.88 Å². The second-order valence-corrected chi connectivity index (χ2v) is 7.80. The first kappa shape index (κ1) is 20.7. The molecule has 1 N–H and O–H groups in total. The molecule has 1 fully saturated rings. The molecule has 2 unspecified atom stereocenters. The molecule has 0 saturated carbocycles. The number of rotatable bonds is 5. The molecule has 1 aliphatic rings. The van der Waals surface area contributed by atoms with Crippen molar-refractivity contribution in [2.45, 2.75) is 51.9 Å². The molecular formula is C18H29N5O4. The van der Waals surface area contributed by atoms with Crippen LogP contribution in [0, 0.1) is 0 Å². The number of carbonyl (C=O) groups excluding carboxylic acids is 2. The van der Waals surface area contributed by atoms with E-state index in [9.17, 15) is 9.59 Å². The smallest absolute Gasteiger partial charge is 0.408 e. The van der Waals surface area contributed by atoms with E-state index in [2.05, 4.69) is 15.5 Å². The Bertz CT molecular complexity index is 657. The summed E-state index contributed by atoms with van der Waals surface area (Å²) in [6.45, 7) is 7.97. The summed E-state index contributed by atoms with van der Waals surface area (Å²) in [7, 11) is 3.77. The molecule has 0 aliphatic carbocycles. The van der Waals surface area contributed by atoms with E-state index in [1.807, 2.05) is 25.1 Å². The third kappa shape index (κ3) is 6.26. The first-order chi connectivity index (χ1) is 12.5. The molecule has 0 spiro atoms. The van der Waals surface area contributed by atoms with Crippen LogP contribution in [0.15, 0.2) is 12.1 Å². The number of nitrogens with one attached hydrogen (secondary N) is 1. The fraction of sp³-hybridized carbons (Fsp3) is 0.667. The van der Waals surface area contributed by atoms with Crippen molar-refractivity contribution in [2.75, 3.05) is 32.1 Å². The molecule has 1 saturated heterocycles. The SMILES string of the molecule is CC(NC(=O)OC(C)(C)C)C(=O)N1CCC(Oc2ccc(N(C)C)nn2)C1. The van der Waals surface area contributed by atoms with E-state index in [0.717, 1.165) is 5.82 Å². The number of hydrogen-bond acceptors (Lipinski definition) is 7. The number of aromatic nitrogens is 2. The van der Waals surface area contributed by atoms with Gasteiger partial charge in [0, 0.05) is 33.1 Å². The molecule has 2 amide bonds. The highest BCUT2D eigenvalue weighted by Crippen LogP contribution is 2.18. The minimum atomic E-state index is -0.669. The van der Waals surface area contributed by atoms with Gasteiger partial charge in [-0.15, -0.1) is 10.2 Å². The largest absolute Gasteiger partial charge is 0.471 e. The lowest BCUT2D eigenvalue weighted by Crippen LogP contribution is -2.47. The van der Waals surface area contributed by atoms with E-state index in [0.29, 0.717) is 25.4 Å². The van der Waals surface area contributed by atoms with Crippen LogP contribution < -0.4 is 15.0 Å². The topological polar surface area (TPSA) is 96.9 Å². The van der Waals surface area contributed by atoms with Crippen molar-refractivity contribution in [3.63, 3.8) is 0 Å². The summed E-state index contributed by atoms with van der Waals surface area (Å²) < 4.78 is 11.0. The molecule has 0 radical (unpaired) electrons. The Morgan fingerprint density at radius 1 is 1.30 bits per heavy atom. The third-order valence-electron chi connectivity index (χ3n) is 3.93. The van der Waals surface area contributed by atoms with Gasteiger partial charge in [-0.2, -0.15) is 0 Å². The van der Waals surface area contributed by atoms with Gasteiger partial charge in [-0.05, 0) is 33.8 Å². The van der Waals surface area contributed by atoms with Crippen LogP contribution in [-0.4, -0.2) is 72.0 Å². The predicted octanol–water partition coefficient (Wildman–Crippen LogP) is 1.44. The molecule has 9 nitrogen and oxygen atoms in total. The van der Waals surface area contributed by atoms with Gasteiger partial charge in [-0.1, -0.05) is 0 Å². The summed E-state index contributed by atoms with van der Waals surface area (Å²) in [5.41, 5.74) is -0.609. The lowest BCUT2D eigenvalue weighted by molar-refractivity contribution is -0.132. The van der Waals surface area contributed by atoms with Crippen molar-refractivity contribution in [1.82, 2.24) is 20.4 Å². The quantitative estimate of drug-likeness (QED) is 0.827. The summed E-state index contributed by atoms with van der Waals surface area (Å²) in [5.74, 6) is 1.01. The van der Waals surface area contributed by atoms with Crippen LogP contribution in [0.1, 0.15) is 34.1 Å². The Balaban J connectivity index is 1.83. The number of alkyl carbamates (subject to hydrolysis) is 1. The first-order valence-electron chi connectivity index (χ1n) is 9.01. The molecule has 27 heavy (non-hydrogen) atoms. The predicted molar refractivity (Wildman–Crippen MR) is 101 cm³/mol. The number of hydrogen-bond donors (Lipinski definition) is 1. The summed E-state index contributed by atoms with van der Waals surface area (Å²) >= 11 is 0. The third-order valence-corrected chi connectivity index (χ3v) is 3.93. The number of anilines is 1. The Morgan fingerprint density at radius 2 is 2.00 bits per heavy atom. The lowest BCUT2D eigenvalue weighted by atomic mass is 10.2. The van der Waals surface area contributed by atoms with Crippen molar-refractivity contribution in [3.8, 4) is 5.88 Å². The number of carbonyl (C=O) groups is 2. The molecule has 1 aromatic rings. The van der Waals surface area contributed by atoms with E-state index in [-0.39, 0.29) is 12.0 Å². The van der Waals surface area contributed by atoms with Crippen LogP contribution in [0.3, 0.4) is 0 Å². The van der Waals surface area contributed by atoms with Crippen LogP contribution in [0.2, 0.25) is 0 Å². The Labute approximate surface area is 160 Å². The average Bonchev–Trinajstić information content (AvgIpc) is 3.01. The zero-order valence-electron chi connectivity index (χ0n) is 16.9.